The summed E-state index contributed by atoms with van der Waals surface area (Å²) in [5, 5.41) is 6.66. The fourth-order valence-electron chi connectivity index (χ4n) is 3.90. The van der Waals surface area contributed by atoms with Gasteiger partial charge in [-0.25, -0.2) is 9.31 Å². The zero-order chi connectivity index (χ0) is 19.8. The summed E-state index contributed by atoms with van der Waals surface area (Å²) in [5.41, 5.74) is 5.68. The Labute approximate surface area is 168 Å². The number of pyridine rings is 1. The molecule has 0 amide bonds. The molecule has 2 aromatic heterocycles. The van der Waals surface area contributed by atoms with E-state index in [2.05, 4.69) is 29.4 Å². The van der Waals surface area contributed by atoms with Gasteiger partial charge in [0.2, 0.25) is 0 Å². The first-order chi connectivity index (χ1) is 14.3. The third-order valence-corrected chi connectivity index (χ3v) is 5.19. The van der Waals surface area contributed by atoms with Gasteiger partial charge in [0.15, 0.2) is 0 Å². The summed E-state index contributed by atoms with van der Waals surface area (Å²) in [5.74, 6) is -0.347. The number of fused-ring (bicyclic) bond motifs is 3. The molecule has 0 fully saturated rings. The highest BCUT2D eigenvalue weighted by Gasteiger charge is 2.19. The van der Waals surface area contributed by atoms with E-state index < -0.39 is 0 Å². The smallest absolute Gasteiger partial charge is 0.337 e. The van der Waals surface area contributed by atoms with Crippen molar-refractivity contribution in [2.45, 2.75) is 0 Å². The number of hydrogen-bond donors (Lipinski definition) is 0. The molecule has 140 valence electrons. The zero-order valence-electron chi connectivity index (χ0n) is 15.9. The van der Waals surface area contributed by atoms with E-state index in [1.807, 2.05) is 65.3 Å². The molecular weight excluding hydrogens is 360 g/mol. The van der Waals surface area contributed by atoms with Gasteiger partial charge in [0, 0.05) is 16.5 Å². The predicted molar refractivity (Wildman–Crippen MR) is 115 cm³/mol. The maximum atomic E-state index is 12.2. The van der Waals surface area contributed by atoms with Gasteiger partial charge in [0.05, 0.1) is 30.1 Å². The van der Waals surface area contributed by atoms with Crippen molar-refractivity contribution in [3.8, 4) is 22.4 Å². The highest BCUT2D eigenvalue weighted by Crippen LogP contribution is 2.40. The first-order valence-corrected chi connectivity index (χ1v) is 9.40. The molecule has 0 unspecified atom stereocenters. The molecule has 5 aromatic rings. The Hall–Kier alpha value is -3.92. The Morgan fingerprint density at radius 3 is 2.21 bits per heavy atom. The van der Waals surface area contributed by atoms with Gasteiger partial charge in [0.25, 0.3) is 0 Å². The fourth-order valence-corrected chi connectivity index (χ4v) is 3.90. The van der Waals surface area contributed by atoms with Crippen LogP contribution in [0.25, 0.3) is 38.7 Å². The summed E-state index contributed by atoms with van der Waals surface area (Å²) in [6, 6.07) is 28.1. The van der Waals surface area contributed by atoms with Crippen LogP contribution in [-0.4, -0.2) is 22.7 Å². The minimum Gasteiger partial charge on any atom is -0.465 e. The van der Waals surface area contributed by atoms with Crippen molar-refractivity contribution < 1.29 is 9.53 Å². The monoisotopic (exact) mass is 378 g/mol. The highest BCUT2D eigenvalue weighted by molar-refractivity contribution is 6.11. The van der Waals surface area contributed by atoms with Crippen molar-refractivity contribution in [3.05, 3.63) is 96.7 Å². The molecule has 0 spiro atoms. The molecule has 5 rings (SSSR count). The Morgan fingerprint density at radius 2 is 1.52 bits per heavy atom. The molecule has 0 aliphatic carbocycles. The molecule has 0 atom stereocenters. The van der Waals surface area contributed by atoms with Crippen LogP contribution in [0.5, 0.6) is 0 Å². The van der Waals surface area contributed by atoms with Crippen LogP contribution in [0.2, 0.25) is 0 Å². The number of benzene rings is 3. The van der Waals surface area contributed by atoms with Gasteiger partial charge in [-0.1, -0.05) is 66.7 Å². The quantitative estimate of drug-likeness (QED) is 0.383. The van der Waals surface area contributed by atoms with Crippen molar-refractivity contribution in [1.29, 1.82) is 0 Å². The highest BCUT2D eigenvalue weighted by atomic mass is 16.5. The number of hydrogen-bond acceptors (Lipinski definition) is 3. The van der Waals surface area contributed by atoms with E-state index in [0.29, 0.717) is 5.56 Å². The second-order valence-corrected chi connectivity index (χ2v) is 6.84. The van der Waals surface area contributed by atoms with Crippen LogP contribution in [0.4, 0.5) is 0 Å². The molecule has 0 N–H and O–H groups in total. The van der Waals surface area contributed by atoms with E-state index in [9.17, 15) is 4.79 Å². The lowest BCUT2D eigenvalue weighted by Crippen LogP contribution is -2.03. The molecule has 29 heavy (non-hydrogen) atoms. The van der Waals surface area contributed by atoms with E-state index in [1.165, 1.54) is 7.11 Å². The Kier molecular flexibility index (Phi) is 4.10. The van der Waals surface area contributed by atoms with Crippen molar-refractivity contribution >= 4 is 22.3 Å². The largest absolute Gasteiger partial charge is 0.465 e. The topological polar surface area (TPSA) is 43.6 Å². The standard InChI is InChI=1S/C25H18N2O2/c1-29-25(28)19-12-13-20-21(16-19)23(17-8-4-2-5-9-17)24(18-10-6-3-7-11-18)27-22(20)14-15-26-27/h2-16H,1H3. The van der Waals surface area contributed by atoms with Crippen LogP contribution in [0.15, 0.2) is 91.1 Å². The molecule has 3 aromatic carbocycles. The number of esters is 1. The minimum absolute atomic E-state index is 0.347. The van der Waals surface area contributed by atoms with E-state index >= 15 is 0 Å². The lowest BCUT2D eigenvalue weighted by Gasteiger charge is -2.17. The first-order valence-electron chi connectivity index (χ1n) is 9.40. The maximum absolute atomic E-state index is 12.2. The first kappa shape index (κ1) is 17.2. The number of carbonyl (C=O) groups excluding carboxylic acids is 1. The van der Waals surface area contributed by atoms with Crippen molar-refractivity contribution in [1.82, 2.24) is 9.61 Å². The molecular formula is C25H18N2O2. The van der Waals surface area contributed by atoms with Crippen LogP contribution in [-0.2, 0) is 4.74 Å². The number of aromatic nitrogens is 2. The van der Waals surface area contributed by atoms with Gasteiger partial charge in [-0.15, -0.1) is 0 Å². The van der Waals surface area contributed by atoms with Crippen LogP contribution in [0.1, 0.15) is 10.4 Å². The van der Waals surface area contributed by atoms with Crippen LogP contribution in [0, 0.1) is 0 Å². The summed E-state index contributed by atoms with van der Waals surface area (Å²) < 4.78 is 6.95. The van der Waals surface area contributed by atoms with Crippen LogP contribution in [0.3, 0.4) is 0 Å². The molecule has 4 nitrogen and oxygen atoms in total. The lowest BCUT2D eigenvalue weighted by atomic mass is 9.92. The van der Waals surface area contributed by atoms with E-state index in [1.54, 1.807) is 6.07 Å². The summed E-state index contributed by atoms with van der Waals surface area (Å²) in [6.07, 6.45) is 1.81. The molecule has 0 aliphatic heterocycles. The summed E-state index contributed by atoms with van der Waals surface area (Å²) in [6.45, 7) is 0. The average Bonchev–Trinajstić information content (AvgIpc) is 3.28. The number of ether oxygens (including phenoxy) is 1. The summed E-state index contributed by atoms with van der Waals surface area (Å²) >= 11 is 0. The van der Waals surface area contributed by atoms with Gasteiger partial charge >= 0.3 is 5.97 Å². The zero-order valence-corrected chi connectivity index (χ0v) is 15.9. The minimum atomic E-state index is -0.347. The van der Waals surface area contributed by atoms with E-state index in [-0.39, 0.29) is 5.97 Å². The predicted octanol–water partition coefficient (Wildman–Crippen LogP) is 5.61. The molecule has 0 saturated carbocycles. The molecule has 0 saturated heterocycles. The van der Waals surface area contributed by atoms with Gasteiger partial charge in [-0.2, -0.15) is 5.10 Å². The molecule has 0 aliphatic rings. The fraction of sp³-hybridized carbons (Fsp3) is 0.0400. The second kappa shape index (κ2) is 6.91. The molecule has 4 heteroatoms. The Morgan fingerprint density at radius 1 is 0.828 bits per heavy atom. The van der Waals surface area contributed by atoms with Crippen molar-refractivity contribution in [2.24, 2.45) is 0 Å². The van der Waals surface area contributed by atoms with Gasteiger partial charge in [-0.05, 0) is 29.1 Å². The maximum Gasteiger partial charge on any atom is 0.337 e. The van der Waals surface area contributed by atoms with Gasteiger partial charge in [0.1, 0.15) is 0 Å². The van der Waals surface area contributed by atoms with Crippen molar-refractivity contribution in [2.75, 3.05) is 7.11 Å². The average molecular weight is 378 g/mol. The van der Waals surface area contributed by atoms with Crippen molar-refractivity contribution in [3.63, 3.8) is 0 Å². The Balaban J connectivity index is 2.00. The molecule has 0 radical (unpaired) electrons. The third kappa shape index (κ3) is 2.77. The second-order valence-electron chi connectivity index (χ2n) is 6.84. The lowest BCUT2D eigenvalue weighted by molar-refractivity contribution is 0.0601. The van der Waals surface area contributed by atoms with E-state index in [0.717, 1.165) is 38.7 Å². The van der Waals surface area contributed by atoms with Crippen LogP contribution < -0.4 is 0 Å². The van der Waals surface area contributed by atoms with Gasteiger partial charge < -0.3 is 4.74 Å². The number of methoxy groups -OCH3 is 1. The van der Waals surface area contributed by atoms with E-state index in [4.69, 9.17) is 4.74 Å². The molecule has 2 heterocycles. The van der Waals surface area contributed by atoms with Crippen LogP contribution >= 0.6 is 0 Å². The van der Waals surface area contributed by atoms with Gasteiger partial charge in [-0.3, -0.25) is 0 Å². The normalized spacial score (nSPS) is 11.1. The summed E-state index contributed by atoms with van der Waals surface area (Å²) in [7, 11) is 1.40. The number of nitrogens with zero attached hydrogens (tertiary/aromatic N) is 2. The third-order valence-electron chi connectivity index (χ3n) is 5.19. The number of rotatable bonds is 3. The summed E-state index contributed by atoms with van der Waals surface area (Å²) in [4.78, 5) is 12.2. The number of carbonyl (C=O) groups is 1. The molecule has 0 bridgehead atoms. The SMILES string of the molecule is COC(=O)c1ccc2c(c1)c(-c1ccccc1)c(-c1ccccc1)n1nccc21. The Bertz CT molecular complexity index is 1340.